The minimum absolute atomic E-state index is 0.0148. The first kappa shape index (κ1) is 29.2. The van der Waals surface area contributed by atoms with Gasteiger partial charge in [0.05, 0.1) is 16.8 Å². The molecule has 0 fully saturated rings. The fourth-order valence-corrected chi connectivity index (χ4v) is 4.29. The lowest BCUT2D eigenvalue weighted by Gasteiger charge is -2.36. The first-order chi connectivity index (χ1) is 17.5. The smallest absolute Gasteiger partial charge is 0.378 e. The van der Waals surface area contributed by atoms with Crippen molar-refractivity contribution in [1.29, 1.82) is 0 Å². The Morgan fingerprint density at radius 2 is 1.53 bits per heavy atom. The van der Waals surface area contributed by atoms with Crippen LogP contribution in [0.5, 0.6) is 0 Å². The number of aliphatic hydroxyl groups is 1. The standard InChI is InChI=1S/C28H35F3N4O3/c1-17(32-25(38)23(36)18-12-14-20(15-13-18)28(29,30)31)24(37)33-22-16-21(34-35(22)26(2,3)4)27(5,6)19-10-8-7-9-11-19/h7-15,17,22-23,36H,16H2,1-6H3,(H,32,38)(H,33,37)/t17-,22?,23-/m0/s1. The molecule has 0 saturated carbocycles. The normalized spacial score (nSPS) is 18.0. The van der Waals surface area contributed by atoms with Crippen LogP contribution in [-0.2, 0) is 21.2 Å². The molecular formula is C28H35F3N4O3. The van der Waals surface area contributed by atoms with Gasteiger partial charge in [-0.05, 0) is 51.0 Å². The van der Waals surface area contributed by atoms with Crippen molar-refractivity contribution >= 4 is 17.5 Å². The van der Waals surface area contributed by atoms with E-state index in [0.29, 0.717) is 6.42 Å². The highest BCUT2D eigenvalue weighted by atomic mass is 19.4. The van der Waals surface area contributed by atoms with E-state index in [1.54, 1.807) is 0 Å². The molecule has 0 aliphatic carbocycles. The quantitative estimate of drug-likeness (QED) is 0.489. The van der Waals surface area contributed by atoms with E-state index in [0.717, 1.165) is 35.5 Å². The predicted molar refractivity (Wildman–Crippen MR) is 139 cm³/mol. The minimum atomic E-state index is -4.53. The van der Waals surface area contributed by atoms with Gasteiger partial charge in [-0.1, -0.05) is 56.3 Å². The number of nitrogens with one attached hydrogen (secondary N) is 2. The molecule has 38 heavy (non-hydrogen) atoms. The van der Waals surface area contributed by atoms with Gasteiger partial charge in [-0.2, -0.15) is 18.3 Å². The van der Waals surface area contributed by atoms with Crippen LogP contribution in [0.2, 0.25) is 0 Å². The molecule has 1 aliphatic rings. The fourth-order valence-electron chi connectivity index (χ4n) is 4.29. The second kappa shape index (κ2) is 10.8. The van der Waals surface area contributed by atoms with Gasteiger partial charge in [0, 0.05) is 11.8 Å². The highest BCUT2D eigenvalue weighted by Crippen LogP contribution is 2.34. The Balaban J connectivity index is 1.67. The van der Waals surface area contributed by atoms with E-state index in [-0.39, 0.29) is 11.0 Å². The maximum Gasteiger partial charge on any atom is 0.416 e. The lowest BCUT2D eigenvalue weighted by Crippen LogP contribution is -2.55. The summed E-state index contributed by atoms with van der Waals surface area (Å²) < 4.78 is 38.4. The van der Waals surface area contributed by atoms with Gasteiger partial charge in [0.25, 0.3) is 5.91 Å². The largest absolute Gasteiger partial charge is 0.416 e. The number of nitrogens with zero attached hydrogens (tertiary/aromatic N) is 2. The molecule has 7 nitrogen and oxygen atoms in total. The molecule has 0 spiro atoms. The zero-order valence-electron chi connectivity index (χ0n) is 22.4. The van der Waals surface area contributed by atoms with Crippen molar-refractivity contribution in [2.24, 2.45) is 5.10 Å². The van der Waals surface area contributed by atoms with Crippen molar-refractivity contribution in [3.63, 3.8) is 0 Å². The minimum Gasteiger partial charge on any atom is -0.378 e. The highest BCUT2D eigenvalue weighted by Gasteiger charge is 2.41. The van der Waals surface area contributed by atoms with E-state index in [1.807, 2.05) is 56.1 Å². The maximum absolute atomic E-state index is 13.0. The molecule has 3 rings (SSSR count). The molecule has 10 heteroatoms. The number of alkyl halides is 3. The molecule has 2 amide bonds. The van der Waals surface area contributed by atoms with Crippen LogP contribution >= 0.6 is 0 Å². The summed E-state index contributed by atoms with van der Waals surface area (Å²) in [6.07, 6.45) is -6.24. The number of benzene rings is 2. The molecule has 1 heterocycles. The third kappa shape index (κ3) is 6.53. The summed E-state index contributed by atoms with van der Waals surface area (Å²) in [4.78, 5) is 25.6. The lowest BCUT2D eigenvalue weighted by atomic mass is 9.79. The Morgan fingerprint density at radius 3 is 2.05 bits per heavy atom. The first-order valence-electron chi connectivity index (χ1n) is 12.4. The topological polar surface area (TPSA) is 94.0 Å². The molecule has 1 aliphatic heterocycles. The average Bonchev–Trinajstić information content (AvgIpc) is 3.29. The lowest BCUT2D eigenvalue weighted by molar-refractivity contribution is -0.137. The second-order valence-corrected chi connectivity index (χ2v) is 11.0. The summed E-state index contributed by atoms with van der Waals surface area (Å²) in [5, 5.41) is 22.4. The summed E-state index contributed by atoms with van der Waals surface area (Å²) in [5.41, 5.74) is 0.307. The Hall–Kier alpha value is -3.40. The summed E-state index contributed by atoms with van der Waals surface area (Å²) in [6, 6.07) is 12.6. The Labute approximate surface area is 221 Å². The number of hydrazone groups is 1. The molecule has 0 aromatic heterocycles. The van der Waals surface area contributed by atoms with Crippen LogP contribution in [0.15, 0.2) is 59.7 Å². The van der Waals surface area contributed by atoms with Crippen LogP contribution in [0, 0.1) is 0 Å². The van der Waals surface area contributed by atoms with Gasteiger partial charge in [-0.15, -0.1) is 0 Å². The number of carbonyl (C=O) groups excluding carboxylic acids is 2. The number of hydrogen-bond donors (Lipinski definition) is 3. The number of halogens is 3. The van der Waals surface area contributed by atoms with Crippen molar-refractivity contribution < 1.29 is 27.9 Å². The molecule has 2 aromatic carbocycles. The van der Waals surface area contributed by atoms with Crippen molar-refractivity contribution in [2.75, 3.05) is 0 Å². The molecule has 3 atom stereocenters. The molecule has 1 unspecified atom stereocenters. The van der Waals surface area contributed by atoms with Crippen molar-refractivity contribution in [2.45, 2.75) is 83.4 Å². The molecule has 206 valence electrons. The number of carbonyl (C=O) groups is 2. The summed E-state index contributed by atoms with van der Waals surface area (Å²) >= 11 is 0. The molecule has 2 aromatic rings. The molecule has 0 saturated heterocycles. The van der Waals surface area contributed by atoms with Crippen LogP contribution in [-0.4, -0.2) is 45.4 Å². The molecule has 0 radical (unpaired) electrons. The fraction of sp³-hybridized carbons (Fsp3) is 0.464. The zero-order valence-corrected chi connectivity index (χ0v) is 22.4. The van der Waals surface area contributed by atoms with E-state index in [2.05, 4.69) is 24.5 Å². The Bertz CT molecular complexity index is 1170. The van der Waals surface area contributed by atoms with Crippen molar-refractivity contribution in [1.82, 2.24) is 15.6 Å². The number of hydrogen-bond acceptors (Lipinski definition) is 5. The van der Waals surface area contributed by atoms with Crippen LogP contribution < -0.4 is 10.6 Å². The van der Waals surface area contributed by atoms with Gasteiger partial charge >= 0.3 is 6.18 Å². The third-order valence-electron chi connectivity index (χ3n) is 6.68. The van der Waals surface area contributed by atoms with Crippen LogP contribution in [0.3, 0.4) is 0 Å². The Kier molecular flexibility index (Phi) is 8.26. The maximum atomic E-state index is 13.0. The Morgan fingerprint density at radius 1 is 0.947 bits per heavy atom. The molecular weight excluding hydrogens is 497 g/mol. The second-order valence-electron chi connectivity index (χ2n) is 11.0. The number of amides is 2. The van der Waals surface area contributed by atoms with Gasteiger partial charge in [0.1, 0.15) is 12.2 Å². The molecule has 0 bridgehead atoms. The first-order valence-corrected chi connectivity index (χ1v) is 12.4. The number of aliphatic hydroxyl groups excluding tert-OH is 1. The summed E-state index contributed by atoms with van der Waals surface area (Å²) in [7, 11) is 0. The van der Waals surface area contributed by atoms with Gasteiger partial charge in [0.2, 0.25) is 5.91 Å². The van der Waals surface area contributed by atoms with Gasteiger partial charge < -0.3 is 15.7 Å². The van der Waals surface area contributed by atoms with Crippen LogP contribution in [0.25, 0.3) is 0 Å². The van der Waals surface area contributed by atoms with Gasteiger partial charge in [0.15, 0.2) is 6.10 Å². The van der Waals surface area contributed by atoms with E-state index in [9.17, 15) is 27.9 Å². The summed E-state index contributed by atoms with van der Waals surface area (Å²) in [6.45, 7) is 11.6. The average molecular weight is 533 g/mol. The molecule has 3 N–H and O–H groups in total. The van der Waals surface area contributed by atoms with E-state index in [1.165, 1.54) is 6.92 Å². The number of rotatable bonds is 7. The predicted octanol–water partition coefficient (Wildman–Crippen LogP) is 4.52. The highest BCUT2D eigenvalue weighted by molar-refractivity contribution is 5.96. The monoisotopic (exact) mass is 532 g/mol. The van der Waals surface area contributed by atoms with Crippen LogP contribution in [0.1, 0.15) is 70.8 Å². The SMILES string of the molecule is C[C@H](NC(=O)[C@@H](O)c1ccc(C(F)(F)F)cc1)C(=O)NC1CC(C(C)(C)c2ccccc2)=NN1C(C)(C)C. The van der Waals surface area contributed by atoms with Gasteiger partial charge in [-0.25, -0.2) is 0 Å². The van der Waals surface area contributed by atoms with E-state index >= 15 is 0 Å². The third-order valence-corrected chi connectivity index (χ3v) is 6.68. The van der Waals surface area contributed by atoms with Crippen molar-refractivity contribution in [3.05, 3.63) is 71.3 Å². The van der Waals surface area contributed by atoms with E-state index < -0.39 is 47.4 Å². The van der Waals surface area contributed by atoms with E-state index in [4.69, 9.17) is 5.10 Å². The summed E-state index contributed by atoms with van der Waals surface area (Å²) in [5.74, 6) is -1.38. The van der Waals surface area contributed by atoms with Crippen LogP contribution in [0.4, 0.5) is 13.2 Å². The van der Waals surface area contributed by atoms with Crippen molar-refractivity contribution in [3.8, 4) is 0 Å². The van der Waals surface area contributed by atoms with Gasteiger partial charge in [-0.3, -0.25) is 14.6 Å². The zero-order chi connectivity index (χ0) is 28.5.